The van der Waals surface area contributed by atoms with Crippen molar-refractivity contribution in [3.63, 3.8) is 0 Å². The maximum absolute atomic E-state index is 12.1. The van der Waals surface area contributed by atoms with E-state index in [-0.39, 0.29) is 11.9 Å². The van der Waals surface area contributed by atoms with Crippen LogP contribution in [0.5, 0.6) is 5.75 Å². The number of nitrogens with two attached hydrogens (primary N) is 1. The molecule has 1 heterocycles. The third-order valence-corrected chi connectivity index (χ3v) is 3.99. The number of methoxy groups -OCH3 is 1. The van der Waals surface area contributed by atoms with Crippen molar-refractivity contribution in [2.24, 2.45) is 5.73 Å². The third-order valence-electron chi connectivity index (χ3n) is 3.99. The molecule has 5 heteroatoms. The van der Waals surface area contributed by atoms with Gasteiger partial charge in [0.25, 0.3) is 0 Å². The average molecular weight is 291 g/mol. The van der Waals surface area contributed by atoms with Gasteiger partial charge in [-0.25, -0.2) is 0 Å². The number of nitrogens with one attached hydrogen (secondary N) is 1. The van der Waals surface area contributed by atoms with E-state index in [9.17, 15) is 4.79 Å². The molecule has 0 aliphatic carbocycles. The first-order valence-corrected chi connectivity index (χ1v) is 7.49. The van der Waals surface area contributed by atoms with Crippen LogP contribution in [0.15, 0.2) is 24.3 Å². The van der Waals surface area contributed by atoms with Gasteiger partial charge in [0.1, 0.15) is 5.75 Å². The lowest BCUT2D eigenvalue weighted by Gasteiger charge is -2.29. The van der Waals surface area contributed by atoms with Crippen LogP contribution in [0.3, 0.4) is 0 Å². The smallest absolute Gasteiger partial charge is 0.234 e. The first kappa shape index (κ1) is 15.8. The van der Waals surface area contributed by atoms with Crippen LogP contribution in [0.2, 0.25) is 0 Å². The van der Waals surface area contributed by atoms with Crippen LogP contribution in [0.4, 0.5) is 0 Å². The van der Waals surface area contributed by atoms with Gasteiger partial charge in [0.2, 0.25) is 5.91 Å². The molecular formula is C16H25N3O2. The molecule has 1 aliphatic heterocycles. The number of piperidine rings is 1. The second-order valence-corrected chi connectivity index (χ2v) is 5.68. The first-order chi connectivity index (χ1) is 10.1. The lowest BCUT2D eigenvalue weighted by Crippen LogP contribution is -2.44. The molecule has 5 nitrogen and oxygen atoms in total. The molecule has 0 bridgehead atoms. The van der Waals surface area contributed by atoms with Gasteiger partial charge in [0.05, 0.1) is 19.7 Å². The third kappa shape index (κ3) is 4.72. The quantitative estimate of drug-likeness (QED) is 0.858. The van der Waals surface area contributed by atoms with Gasteiger partial charge in [-0.05, 0) is 37.5 Å². The fourth-order valence-electron chi connectivity index (χ4n) is 2.58. The fraction of sp³-hybridized carbons (Fsp3) is 0.562. The molecule has 0 saturated carbocycles. The molecule has 116 valence electrons. The highest BCUT2D eigenvalue weighted by molar-refractivity contribution is 5.78. The number of hydrogen-bond donors (Lipinski definition) is 2. The van der Waals surface area contributed by atoms with Crippen LogP contribution in [0.25, 0.3) is 0 Å². The summed E-state index contributed by atoms with van der Waals surface area (Å²) in [7, 11) is 1.64. The molecule has 0 aromatic heterocycles. The summed E-state index contributed by atoms with van der Waals surface area (Å²) in [6, 6.07) is 8.06. The zero-order valence-electron chi connectivity index (χ0n) is 12.8. The minimum Gasteiger partial charge on any atom is -0.497 e. The highest BCUT2D eigenvalue weighted by Gasteiger charge is 2.19. The molecule has 1 aromatic carbocycles. The summed E-state index contributed by atoms with van der Waals surface area (Å²) < 4.78 is 5.13. The molecule has 1 amide bonds. The summed E-state index contributed by atoms with van der Waals surface area (Å²) in [5.41, 5.74) is 6.94. The molecule has 1 atom stereocenters. The predicted octanol–water partition coefficient (Wildman–Crippen LogP) is 1.30. The number of carbonyl (C=O) groups excluding carboxylic acids is 1. The lowest BCUT2D eigenvalue weighted by atomic mass is 10.1. The van der Waals surface area contributed by atoms with Crippen LogP contribution in [-0.2, 0) is 4.79 Å². The summed E-state index contributed by atoms with van der Waals surface area (Å²) >= 11 is 0. The van der Waals surface area contributed by atoms with Crippen molar-refractivity contribution >= 4 is 5.91 Å². The van der Waals surface area contributed by atoms with E-state index in [2.05, 4.69) is 10.2 Å². The van der Waals surface area contributed by atoms with Gasteiger partial charge in [-0.15, -0.1) is 0 Å². The number of rotatable bonds is 5. The Bertz CT molecular complexity index is 453. The number of amides is 1. The van der Waals surface area contributed by atoms with E-state index in [1.165, 1.54) is 0 Å². The Morgan fingerprint density at radius 3 is 2.57 bits per heavy atom. The highest BCUT2D eigenvalue weighted by Crippen LogP contribution is 2.17. The van der Waals surface area contributed by atoms with Gasteiger partial charge in [-0.2, -0.15) is 0 Å². The van der Waals surface area contributed by atoms with E-state index in [1.54, 1.807) is 7.11 Å². The molecule has 0 radical (unpaired) electrons. The van der Waals surface area contributed by atoms with Gasteiger partial charge < -0.3 is 15.8 Å². The summed E-state index contributed by atoms with van der Waals surface area (Å²) in [6.07, 6.45) is 1.95. The largest absolute Gasteiger partial charge is 0.497 e. The second-order valence-electron chi connectivity index (χ2n) is 5.68. The number of nitrogens with zero attached hydrogens (tertiary/aromatic N) is 1. The molecule has 1 aliphatic rings. The molecule has 2 rings (SSSR count). The van der Waals surface area contributed by atoms with Crippen LogP contribution in [-0.4, -0.2) is 43.6 Å². The fourth-order valence-corrected chi connectivity index (χ4v) is 2.58. The van der Waals surface area contributed by atoms with E-state index in [0.717, 1.165) is 37.2 Å². The first-order valence-electron chi connectivity index (χ1n) is 7.49. The topological polar surface area (TPSA) is 67.6 Å². The van der Waals surface area contributed by atoms with Crippen molar-refractivity contribution in [2.45, 2.75) is 31.8 Å². The van der Waals surface area contributed by atoms with Crippen molar-refractivity contribution < 1.29 is 9.53 Å². The van der Waals surface area contributed by atoms with Crippen molar-refractivity contribution in [3.05, 3.63) is 29.8 Å². The van der Waals surface area contributed by atoms with Gasteiger partial charge >= 0.3 is 0 Å². The molecule has 0 spiro atoms. The molecule has 1 saturated heterocycles. The Morgan fingerprint density at radius 1 is 1.38 bits per heavy atom. The Hall–Kier alpha value is -1.59. The maximum Gasteiger partial charge on any atom is 0.234 e. The Kier molecular flexibility index (Phi) is 5.59. The highest BCUT2D eigenvalue weighted by atomic mass is 16.5. The molecular weight excluding hydrogens is 266 g/mol. The predicted molar refractivity (Wildman–Crippen MR) is 83.2 cm³/mol. The SMILES string of the molecule is COc1ccc(C(C)NC(=O)CN2CCC(N)CC2)cc1. The monoisotopic (exact) mass is 291 g/mol. The number of ether oxygens (including phenoxy) is 1. The number of carbonyl (C=O) groups is 1. The number of likely N-dealkylation sites (tertiary alicyclic amines) is 1. The Labute approximate surface area is 126 Å². The molecule has 1 aromatic rings. The van der Waals surface area contributed by atoms with Gasteiger partial charge in [-0.1, -0.05) is 12.1 Å². The summed E-state index contributed by atoms with van der Waals surface area (Å²) in [6.45, 7) is 4.26. The summed E-state index contributed by atoms with van der Waals surface area (Å²) in [4.78, 5) is 14.3. The lowest BCUT2D eigenvalue weighted by molar-refractivity contribution is -0.123. The van der Waals surface area contributed by atoms with Crippen molar-refractivity contribution in [2.75, 3.05) is 26.7 Å². The van der Waals surface area contributed by atoms with E-state index < -0.39 is 0 Å². The van der Waals surface area contributed by atoms with Crippen LogP contribution < -0.4 is 15.8 Å². The molecule has 21 heavy (non-hydrogen) atoms. The van der Waals surface area contributed by atoms with E-state index in [4.69, 9.17) is 10.5 Å². The van der Waals surface area contributed by atoms with Crippen molar-refractivity contribution in [1.82, 2.24) is 10.2 Å². The Morgan fingerprint density at radius 2 is 2.00 bits per heavy atom. The summed E-state index contributed by atoms with van der Waals surface area (Å²) in [5.74, 6) is 0.885. The van der Waals surface area contributed by atoms with E-state index >= 15 is 0 Å². The zero-order chi connectivity index (χ0) is 15.2. The maximum atomic E-state index is 12.1. The van der Waals surface area contributed by atoms with Gasteiger partial charge in [0, 0.05) is 19.1 Å². The standard InChI is InChI=1S/C16H25N3O2/c1-12(13-3-5-15(21-2)6-4-13)18-16(20)11-19-9-7-14(17)8-10-19/h3-6,12,14H,7-11,17H2,1-2H3,(H,18,20). The van der Waals surface area contributed by atoms with Crippen LogP contribution in [0.1, 0.15) is 31.4 Å². The minimum atomic E-state index is -0.00421. The van der Waals surface area contributed by atoms with E-state index in [0.29, 0.717) is 12.6 Å². The normalized spacial score (nSPS) is 18.2. The molecule has 1 fully saturated rings. The number of benzene rings is 1. The van der Waals surface area contributed by atoms with Crippen LogP contribution in [0, 0.1) is 0 Å². The molecule has 1 unspecified atom stereocenters. The minimum absolute atomic E-state index is 0.00421. The second kappa shape index (κ2) is 7.43. The van der Waals surface area contributed by atoms with Gasteiger partial charge in [0.15, 0.2) is 0 Å². The van der Waals surface area contributed by atoms with Gasteiger partial charge in [-0.3, -0.25) is 9.69 Å². The van der Waals surface area contributed by atoms with Crippen LogP contribution >= 0.6 is 0 Å². The average Bonchev–Trinajstić information content (AvgIpc) is 2.49. The summed E-state index contributed by atoms with van der Waals surface area (Å²) in [5, 5.41) is 3.04. The number of hydrogen-bond acceptors (Lipinski definition) is 4. The molecule has 3 N–H and O–H groups in total. The zero-order valence-corrected chi connectivity index (χ0v) is 12.8. The Balaban J connectivity index is 1.81. The van der Waals surface area contributed by atoms with E-state index in [1.807, 2.05) is 31.2 Å². The van der Waals surface area contributed by atoms with Crippen molar-refractivity contribution in [3.8, 4) is 5.75 Å². The van der Waals surface area contributed by atoms with Crippen molar-refractivity contribution in [1.29, 1.82) is 0 Å².